The molecule has 3 aromatic rings. The predicted octanol–water partition coefficient (Wildman–Crippen LogP) is 4.88. The van der Waals surface area contributed by atoms with Gasteiger partial charge in [-0.15, -0.1) is 0 Å². The Kier molecular flexibility index (Phi) is 9.05. The number of hydrazone groups is 1. The predicted molar refractivity (Wildman–Crippen MR) is 137 cm³/mol. The number of carbonyl (C=O) groups excluding carboxylic acids is 2. The third-order valence-corrected chi connectivity index (χ3v) is 5.25. The lowest BCUT2D eigenvalue weighted by Gasteiger charge is -2.14. The maximum absolute atomic E-state index is 12.5. The van der Waals surface area contributed by atoms with E-state index in [1.807, 2.05) is 25.1 Å². The Morgan fingerprint density at radius 1 is 0.944 bits per heavy atom. The molecule has 188 valence electrons. The van der Waals surface area contributed by atoms with E-state index in [0.717, 1.165) is 11.1 Å². The number of carbonyl (C=O) groups is 2. The van der Waals surface area contributed by atoms with Crippen LogP contribution in [-0.4, -0.2) is 38.9 Å². The molecule has 0 saturated heterocycles. The van der Waals surface area contributed by atoms with Gasteiger partial charge in [0.05, 0.1) is 26.0 Å². The Morgan fingerprint density at radius 3 is 2.47 bits per heavy atom. The van der Waals surface area contributed by atoms with Gasteiger partial charge in [0.15, 0.2) is 18.1 Å². The van der Waals surface area contributed by atoms with Gasteiger partial charge < -0.3 is 18.9 Å². The Balaban J connectivity index is 1.59. The topological polar surface area (TPSA) is 95.5 Å². The zero-order valence-electron chi connectivity index (χ0n) is 21.0. The van der Waals surface area contributed by atoms with Crippen molar-refractivity contribution in [2.75, 3.05) is 20.8 Å². The molecule has 1 amide bonds. The molecule has 8 heteroatoms. The number of benzene rings is 3. The summed E-state index contributed by atoms with van der Waals surface area (Å²) in [7, 11) is 2.99. The van der Waals surface area contributed by atoms with Crippen LogP contribution in [-0.2, 0) is 4.79 Å². The maximum atomic E-state index is 12.5. The second kappa shape index (κ2) is 12.4. The monoisotopic (exact) mass is 490 g/mol. The van der Waals surface area contributed by atoms with Gasteiger partial charge in [-0.2, -0.15) is 5.10 Å². The van der Waals surface area contributed by atoms with E-state index in [0.29, 0.717) is 28.4 Å². The number of amides is 1. The molecular weight excluding hydrogens is 460 g/mol. The van der Waals surface area contributed by atoms with Crippen LogP contribution in [0.1, 0.15) is 46.8 Å². The summed E-state index contributed by atoms with van der Waals surface area (Å²) < 4.78 is 21.7. The highest BCUT2D eigenvalue weighted by Gasteiger charge is 2.14. The molecule has 0 bridgehead atoms. The highest BCUT2D eigenvalue weighted by atomic mass is 16.6. The summed E-state index contributed by atoms with van der Waals surface area (Å²) in [6.45, 7) is 5.95. The molecule has 0 aliphatic carbocycles. The van der Waals surface area contributed by atoms with Crippen LogP contribution in [0.2, 0.25) is 0 Å². The summed E-state index contributed by atoms with van der Waals surface area (Å²) in [5.74, 6) is 1.16. The molecule has 0 atom stereocenters. The van der Waals surface area contributed by atoms with E-state index < -0.39 is 11.9 Å². The number of nitrogens with one attached hydrogen (secondary N) is 1. The first kappa shape index (κ1) is 26.3. The first-order valence-corrected chi connectivity index (χ1v) is 11.4. The fraction of sp³-hybridized carbons (Fsp3) is 0.250. The van der Waals surface area contributed by atoms with Crippen LogP contribution >= 0.6 is 0 Å². The number of rotatable bonds is 10. The number of hydrogen-bond acceptors (Lipinski definition) is 7. The van der Waals surface area contributed by atoms with E-state index in [4.69, 9.17) is 18.9 Å². The molecule has 0 fully saturated rings. The Morgan fingerprint density at radius 2 is 1.75 bits per heavy atom. The first-order chi connectivity index (χ1) is 17.3. The minimum Gasteiger partial charge on any atom is -0.497 e. The minimum absolute atomic E-state index is 0.164. The zero-order valence-corrected chi connectivity index (χ0v) is 21.0. The van der Waals surface area contributed by atoms with Gasteiger partial charge in [-0.25, -0.2) is 10.2 Å². The second-order valence-electron chi connectivity index (χ2n) is 8.31. The summed E-state index contributed by atoms with van der Waals surface area (Å²) in [5, 5.41) is 3.98. The number of ether oxygens (including phenoxy) is 4. The Hall–Kier alpha value is -4.33. The Bertz CT molecular complexity index is 1250. The van der Waals surface area contributed by atoms with E-state index in [1.165, 1.54) is 20.4 Å². The normalized spacial score (nSPS) is 10.8. The summed E-state index contributed by atoms with van der Waals surface area (Å²) in [5.41, 5.74) is 5.52. The van der Waals surface area contributed by atoms with Gasteiger partial charge in [0, 0.05) is 0 Å². The molecule has 1 N–H and O–H groups in total. The van der Waals surface area contributed by atoms with Gasteiger partial charge in [0.25, 0.3) is 5.91 Å². The lowest BCUT2D eigenvalue weighted by molar-refractivity contribution is -0.123. The van der Waals surface area contributed by atoms with Crippen molar-refractivity contribution in [2.45, 2.75) is 26.7 Å². The lowest BCUT2D eigenvalue weighted by atomic mass is 10.0. The molecule has 8 nitrogen and oxygen atoms in total. The van der Waals surface area contributed by atoms with Crippen LogP contribution in [0.3, 0.4) is 0 Å². The number of methoxy groups -OCH3 is 2. The Labute approximate surface area is 210 Å². The van der Waals surface area contributed by atoms with Crippen LogP contribution in [0.4, 0.5) is 0 Å². The number of hydrogen-bond donors (Lipinski definition) is 1. The van der Waals surface area contributed by atoms with Gasteiger partial charge in [-0.3, -0.25) is 4.79 Å². The third kappa shape index (κ3) is 7.09. The molecule has 3 rings (SSSR count). The van der Waals surface area contributed by atoms with Gasteiger partial charge in [-0.05, 0) is 72.0 Å². The standard InChI is InChI=1S/C28H30N2O6/c1-18(2)23-11-9-19(3)13-25(23)35-17-27(31)30-29-16-20-10-12-24(26(14-20)34-5)36-28(32)21-7-6-8-22(15-21)33-4/h6-16,18H,17H2,1-5H3,(H,30,31)/b29-16-. The maximum Gasteiger partial charge on any atom is 0.343 e. The molecule has 3 aromatic carbocycles. The van der Waals surface area contributed by atoms with E-state index in [9.17, 15) is 9.59 Å². The zero-order chi connectivity index (χ0) is 26.1. The second-order valence-corrected chi connectivity index (χ2v) is 8.31. The van der Waals surface area contributed by atoms with Crippen molar-refractivity contribution < 1.29 is 28.5 Å². The van der Waals surface area contributed by atoms with E-state index in [1.54, 1.807) is 42.5 Å². The first-order valence-electron chi connectivity index (χ1n) is 11.4. The third-order valence-electron chi connectivity index (χ3n) is 5.25. The van der Waals surface area contributed by atoms with Crippen molar-refractivity contribution in [1.82, 2.24) is 5.43 Å². The quantitative estimate of drug-likeness (QED) is 0.188. The van der Waals surface area contributed by atoms with Crippen LogP contribution in [0.5, 0.6) is 23.0 Å². The van der Waals surface area contributed by atoms with Crippen LogP contribution in [0.15, 0.2) is 65.8 Å². The van der Waals surface area contributed by atoms with Gasteiger partial charge >= 0.3 is 5.97 Å². The number of esters is 1. The highest BCUT2D eigenvalue weighted by molar-refractivity contribution is 5.92. The van der Waals surface area contributed by atoms with Gasteiger partial charge in [0.2, 0.25) is 0 Å². The summed E-state index contributed by atoms with van der Waals surface area (Å²) in [6, 6.07) is 17.5. The minimum atomic E-state index is -0.546. The van der Waals surface area contributed by atoms with E-state index in [-0.39, 0.29) is 18.3 Å². The van der Waals surface area contributed by atoms with Crippen molar-refractivity contribution in [1.29, 1.82) is 0 Å². The molecule has 36 heavy (non-hydrogen) atoms. The fourth-order valence-corrected chi connectivity index (χ4v) is 3.36. The highest BCUT2D eigenvalue weighted by Crippen LogP contribution is 2.29. The van der Waals surface area contributed by atoms with Gasteiger partial charge in [0.1, 0.15) is 11.5 Å². The van der Waals surface area contributed by atoms with Crippen molar-refractivity contribution in [3.05, 3.63) is 82.9 Å². The average molecular weight is 491 g/mol. The molecule has 0 aromatic heterocycles. The molecule has 0 aliphatic rings. The van der Waals surface area contributed by atoms with E-state index >= 15 is 0 Å². The lowest BCUT2D eigenvalue weighted by Crippen LogP contribution is -2.25. The van der Waals surface area contributed by atoms with Gasteiger partial charge in [-0.1, -0.05) is 32.0 Å². The van der Waals surface area contributed by atoms with Crippen molar-refractivity contribution >= 4 is 18.1 Å². The summed E-state index contributed by atoms with van der Waals surface area (Å²) in [4.78, 5) is 24.7. The molecule has 0 radical (unpaired) electrons. The van der Waals surface area contributed by atoms with Crippen LogP contribution in [0.25, 0.3) is 0 Å². The smallest absolute Gasteiger partial charge is 0.343 e. The largest absolute Gasteiger partial charge is 0.497 e. The molecule has 0 spiro atoms. The average Bonchev–Trinajstić information content (AvgIpc) is 2.88. The van der Waals surface area contributed by atoms with Crippen LogP contribution in [0, 0.1) is 6.92 Å². The molecule has 0 unspecified atom stereocenters. The molecule has 0 heterocycles. The van der Waals surface area contributed by atoms with E-state index in [2.05, 4.69) is 24.4 Å². The molecule has 0 aliphatic heterocycles. The number of aryl methyl sites for hydroxylation is 1. The van der Waals surface area contributed by atoms with Crippen molar-refractivity contribution in [3.8, 4) is 23.0 Å². The van der Waals surface area contributed by atoms with Crippen molar-refractivity contribution in [2.24, 2.45) is 5.10 Å². The molecule has 0 saturated carbocycles. The summed E-state index contributed by atoms with van der Waals surface area (Å²) >= 11 is 0. The molecular formula is C28H30N2O6. The van der Waals surface area contributed by atoms with Crippen LogP contribution < -0.4 is 24.4 Å². The van der Waals surface area contributed by atoms with Crippen molar-refractivity contribution in [3.63, 3.8) is 0 Å². The fourth-order valence-electron chi connectivity index (χ4n) is 3.36. The summed E-state index contributed by atoms with van der Waals surface area (Å²) in [6.07, 6.45) is 1.46. The SMILES string of the molecule is COc1cccc(C(=O)Oc2ccc(/C=N\NC(=O)COc3cc(C)ccc3C(C)C)cc2OC)c1. The number of nitrogens with zero attached hydrogens (tertiary/aromatic N) is 1.